The Labute approximate surface area is 306 Å². The minimum Gasteiger partial charge on any atom is -0.493 e. The molecule has 3 aliphatic rings. The molecule has 3 fully saturated rings. The van der Waals surface area contributed by atoms with Crippen LogP contribution in [-0.2, 0) is 22.5 Å². The van der Waals surface area contributed by atoms with Crippen molar-refractivity contribution in [1.29, 1.82) is 0 Å². The fraction of sp³-hybridized carbons (Fsp3) is 0.525. The quantitative estimate of drug-likeness (QED) is 0.134. The smallest absolute Gasteiger partial charge is 0.228 e. The highest BCUT2D eigenvalue weighted by Crippen LogP contribution is 2.39. The number of rotatable bonds is 18. The van der Waals surface area contributed by atoms with Gasteiger partial charge in [0.15, 0.2) is 5.75 Å². The van der Waals surface area contributed by atoms with Gasteiger partial charge in [-0.15, -0.1) is 0 Å². The maximum atomic E-state index is 14.4. The van der Waals surface area contributed by atoms with E-state index in [1.165, 1.54) is 5.56 Å². The van der Waals surface area contributed by atoms with Crippen LogP contribution in [0.1, 0.15) is 60.3 Å². The first-order valence-corrected chi connectivity index (χ1v) is 18.8. The van der Waals surface area contributed by atoms with Crippen LogP contribution in [0.4, 0.5) is 0 Å². The highest BCUT2D eigenvalue weighted by molar-refractivity contribution is 6.37. The van der Waals surface area contributed by atoms with E-state index < -0.39 is 0 Å². The van der Waals surface area contributed by atoms with Gasteiger partial charge in [-0.3, -0.25) is 4.79 Å². The molecule has 3 aromatic rings. The summed E-state index contributed by atoms with van der Waals surface area (Å²) >= 11 is 12.6. The molecule has 1 amide bonds. The molecule has 0 spiro atoms. The first-order chi connectivity index (χ1) is 24.3. The van der Waals surface area contributed by atoms with E-state index in [1.807, 2.05) is 31.2 Å². The van der Waals surface area contributed by atoms with Crippen molar-refractivity contribution in [3.8, 4) is 17.2 Å². The van der Waals surface area contributed by atoms with Crippen LogP contribution in [0.15, 0.2) is 54.6 Å². The minimum absolute atomic E-state index is 0.116. The second kappa shape index (κ2) is 17.5. The zero-order chi connectivity index (χ0) is 35.0. The lowest BCUT2D eigenvalue weighted by Crippen LogP contribution is -2.47. The van der Waals surface area contributed by atoms with Gasteiger partial charge in [0.2, 0.25) is 5.91 Å². The normalized spacial score (nSPS) is 21.5. The largest absolute Gasteiger partial charge is 0.493 e. The summed E-state index contributed by atoms with van der Waals surface area (Å²) in [6.45, 7) is 6.21. The van der Waals surface area contributed by atoms with Crippen molar-refractivity contribution in [1.82, 2.24) is 10.2 Å². The predicted molar refractivity (Wildman–Crippen MR) is 197 cm³/mol. The maximum absolute atomic E-state index is 14.4. The summed E-state index contributed by atoms with van der Waals surface area (Å²) in [5.74, 6) is 3.00. The molecule has 270 valence electrons. The molecule has 10 heteroatoms. The van der Waals surface area contributed by atoms with Gasteiger partial charge in [0, 0.05) is 39.5 Å². The first-order valence-electron chi connectivity index (χ1n) is 18.0. The Morgan fingerprint density at radius 3 is 2.34 bits per heavy atom. The summed E-state index contributed by atoms with van der Waals surface area (Å²) in [5.41, 5.74) is 4.42. The van der Waals surface area contributed by atoms with Gasteiger partial charge < -0.3 is 34.3 Å². The number of benzene rings is 3. The number of piperidine rings is 1. The number of aliphatic hydroxyl groups is 1. The van der Waals surface area contributed by atoms with Gasteiger partial charge in [-0.25, -0.2) is 0 Å². The van der Waals surface area contributed by atoms with Crippen molar-refractivity contribution in [2.45, 2.75) is 64.0 Å². The van der Waals surface area contributed by atoms with Gasteiger partial charge in [-0.05, 0) is 128 Å². The topological polar surface area (TPSA) is 89.5 Å². The molecule has 8 nitrogen and oxygen atoms in total. The zero-order valence-electron chi connectivity index (χ0n) is 29.2. The molecule has 1 aliphatic heterocycles. The average Bonchev–Trinajstić information content (AvgIpc) is 4.05. The summed E-state index contributed by atoms with van der Waals surface area (Å²) in [6.07, 6.45) is 5.79. The number of halogens is 2. The lowest BCUT2D eigenvalue weighted by atomic mass is 9.80. The van der Waals surface area contributed by atoms with Crippen molar-refractivity contribution < 1.29 is 28.8 Å². The van der Waals surface area contributed by atoms with Crippen molar-refractivity contribution in [3.05, 3.63) is 86.9 Å². The molecule has 2 aliphatic carbocycles. The van der Waals surface area contributed by atoms with Crippen LogP contribution >= 0.6 is 23.2 Å². The third-order valence-electron chi connectivity index (χ3n) is 10.1. The number of aryl methyl sites for hydroxylation is 2. The monoisotopic (exact) mass is 724 g/mol. The molecule has 2 N–H and O–H groups in total. The van der Waals surface area contributed by atoms with E-state index in [1.54, 1.807) is 7.11 Å². The van der Waals surface area contributed by atoms with Crippen LogP contribution in [0.25, 0.3) is 0 Å². The van der Waals surface area contributed by atoms with E-state index in [0.717, 1.165) is 73.3 Å². The van der Waals surface area contributed by atoms with E-state index in [4.69, 9.17) is 42.1 Å². The summed E-state index contributed by atoms with van der Waals surface area (Å²) < 4.78 is 23.3. The number of carbonyl (C=O) groups is 1. The number of hydrogen-bond donors (Lipinski definition) is 2. The van der Waals surface area contributed by atoms with Gasteiger partial charge in [-0.2, -0.15) is 0 Å². The van der Waals surface area contributed by atoms with Crippen LogP contribution in [0.2, 0.25) is 10.0 Å². The van der Waals surface area contributed by atoms with Crippen LogP contribution in [-0.4, -0.2) is 75.2 Å². The van der Waals surface area contributed by atoms with E-state index in [0.29, 0.717) is 67.1 Å². The highest BCUT2D eigenvalue weighted by Gasteiger charge is 2.40. The minimum atomic E-state index is -0.153. The Balaban J connectivity index is 1.09. The lowest BCUT2D eigenvalue weighted by Gasteiger charge is -2.36. The molecule has 1 heterocycles. The maximum Gasteiger partial charge on any atom is 0.228 e. The highest BCUT2D eigenvalue weighted by atomic mass is 35.5. The zero-order valence-corrected chi connectivity index (χ0v) is 30.7. The second-order valence-electron chi connectivity index (χ2n) is 14.1. The fourth-order valence-electron chi connectivity index (χ4n) is 7.05. The number of carbonyl (C=O) groups excluding carboxylic acids is 1. The Bertz CT molecular complexity index is 1560. The molecule has 6 rings (SSSR count). The van der Waals surface area contributed by atoms with E-state index in [-0.39, 0.29) is 30.4 Å². The molecule has 0 radical (unpaired) electrons. The third kappa shape index (κ3) is 9.86. The molecular formula is C40H50Cl2N2O6. The molecule has 0 aromatic heterocycles. The third-order valence-corrected chi connectivity index (χ3v) is 10.6. The van der Waals surface area contributed by atoms with Crippen LogP contribution < -0.4 is 19.5 Å². The van der Waals surface area contributed by atoms with Gasteiger partial charge in [0.05, 0.1) is 22.6 Å². The molecule has 1 saturated heterocycles. The van der Waals surface area contributed by atoms with Crippen LogP contribution in [0.3, 0.4) is 0 Å². The van der Waals surface area contributed by atoms with Crippen LogP contribution in [0, 0.1) is 24.7 Å². The van der Waals surface area contributed by atoms with Gasteiger partial charge in [0.25, 0.3) is 0 Å². The van der Waals surface area contributed by atoms with Crippen molar-refractivity contribution in [2.24, 2.45) is 17.8 Å². The number of ether oxygens (including phenoxy) is 4. The SMILES string of the molecule is COCCCc1cc(CN(C(=O)C2CNCCC2c2ccc(OCCOc3c(Cl)cc(C)cc3Cl)cc2)C2CC2)cc(OC[C@@H]2C[C@H]2CO)c1. The van der Waals surface area contributed by atoms with Gasteiger partial charge >= 0.3 is 0 Å². The number of amides is 1. The van der Waals surface area contributed by atoms with E-state index in [9.17, 15) is 9.90 Å². The van der Waals surface area contributed by atoms with Gasteiger partial charge in [-0.1, -0.05) is 41.4 Å². The summed E-state index contributed by atoms with van der Waals surface area (Å²) in [5, 5.41) is 13.9. The number of aliphatic hydroxyl groups excluding tert-OH is 1. The Morgan fingerprint density at radius 1 is 0.900 bits per heavy atom. The summed E-state index contributed by atoms with van der Waals surface area (Å²) in [6, 6.07) is 18.5. The summed E-state index contributed by atoms with van der Waals surface area (Å²) in [4.78, 5) is 16.5. The number of nitrogens with zero attached hydrogens (tertiary/aromatic N) is 1. The average molecular weight is 726 g/mol. The first kappa shape index (κ1) is 36.8. The van der Waals surface area contributed by atoms with Crippen molar-refractivity contribution in [3.63, 3.8) is 0 Å². The van der Waals surface area contributed by atoms with Crippen molar-refractivity contribution >= 4 is 29.1 Å². The number of methoxy groups -OCH3 is 1. The Morgan fingerprint density at radius 2 is 1.64 bits per heavy atom. The number of hydrogen-bond acceptors (Lipinski definition) is 7. The molecule has 50 heavy (non-hydrogen) atoms. The Hall–Kier alpha value is -3.01. The fourth-order valence-corrected chi connectivity index (χ4v) is 7.75. The van der Waals surface area contributed by atoms with E-state index >= 15 is 0 Å². The molecule has 2 unspecified atom stereocenters. The summed E-state index contributed by atoms with van der Waals surface area (Å²) in [7, 11) is 1.73. The second-order valence-corrected chi connectivity index (χ2v) is 14.9. The Kier molecular flexibility index (Phi) is 12.8. The molecule has 2 saturated carbocycles. The molecule has 3 aromatic carbocycles. The standard InChI is InChI=1S/C40H50Cl2N2O6/c1-26-16-37(41)39(38(42)17-26)49-15-14-48-33-9-5-29(6-10-33)35-11-12-43-22-36(35)40(46)44(32-7-8-32)23-28-18-27(4-3-13-47-2)19-34(20-28)50-25-31-21-30(31)24-45/h5-6,9-10,16-20,30-32,35-36,43,45H,3-4,7-8,11-15,21-25H2,1-2H3/t30-,31-,35?,36?/m0/s1. The predicted octanol–water partition coefficient (Wildman–Crippen LogP) is 7.23. The molecular weight excluding hydrogens is 675 g/mol. The van der Waals surface area contributed by atoms with Gasteiger partial charge in [0.1, 0.15) is 24.7 Å². The molecule has 4 atom stereocenters. The van der Waals surface area contributed by atoms with E-state index in [2.05, 4.69) is 40.5 Å². The lowest BCUT2D eigenvalue weighted by molar-refractivity contribution is -0.138. The molecule has 0 bridgehead atoms. The number of nitrogens with one attached hydrogen (secondary N) is 1. The van der Waals surface area contributed by atoms with Crippen LogP contribution in [0.5, 0.6) is 17.2 Å². The van der Waals surface area contributed by atoms with Crippen molar-refractivity contribution in [2.75, 3.05) is 53.2 Å².